The van der Waals surface area contributed by atoms with E-state index >= 15 is 0 Å². The van der Waals surface area contributed by atoms with E-state index in [2.05, 4.69) is 18.8 Å². The maximum Gasteiger partial charge on any atom is 0.236 e. The smallest absolute Gasteiger partial charge is 0.236 e. The topological polar surface area (TPSA) is 41.6 Å². The van der Waals surface area contributed by atoms with Crippen molar-refractivity contribution in [3.05, 3.63) is 42.5 Å². The summed E-state index contributed by atoms with van der Waals surface area (Å²) in [5, 5.41) is 3.11. The molecule has 20 heavy (non-hydrogen) atoms. The summed E-state index contributed by atoms with van der Waals surface area (Å²) in [7, 11) is 1.82. The van der Waals surface area contributed by atoms with Crippen molar-refractivity contribution in [1.29, 1.82) is 0 Å². The van der Waals surface area contributed by atoms with Gasteiger partial charge < -0.3 is 15.0 Å². The minimum atomic E-state index is 0.102. The number of hydrogen-bond acceptors (Lipinski definition) is 3. The van der Waals surface area contributed by atoms with Crippen LogP contribution < -0.4 is 10.1 Å². The van der Waals surface area contributed by atoms with E-state index in [1.165, 1.54) is 0 Å². The van der Waals surface area contributed by atoms with Gasteiger partial charge in [0, 0.05) is 13.6 Å². The predicted octanol–water partition coefficient (Wildman–Crippen LogP) is 2.21. The second kappa shape index (κ2) is 9.15. The molecule has 0 spiro atoms. The van der Waals surface area contributed by atoms with E-state index in [1.54, 1.807) is 11.0 Å². The molecule has 0 aromatic heterocycles. The van der Waals surface area contributed by atoms with Crippen molar-refractivity contribution in [2.24, 2.45) is 0 Å². The summed E-state index contributed by atoms with van der Waals surface area (Å²) in [6.07, 6.45) is 2.74. The average molecular weight is 276 g/mol. The summed E-state index contributed by atoms with van der Waals surface area (Å²) in [4.78, 5) is 13.6. The maximum atomic E-state index is 11.9. The van der Waals surface area contributed by atoms with Gasteiger partial charge in [0.2, 0.25) is 5.91 Å². The second-order valence-corrected chi connectivity index (χ2v) is 4.67. The zero-order chi connectivity index (χ0) is 14.8. The van der Waals surface area contributed by atoms with Gasteiger partial charge in [-0.05, 0) is 30.7 Å². The molecule has 1 N–H and O–H groups in total. The first-order valence-electron chi connectivity index (χ1n) is 6.94. The Hall–Kier alpha value is -1.81. The van der Waals surface area contributed by atoms with Crippen LogP contribution in [0.4, 0.5) is 0 Å². The van der Waals surface area contributed by atoms with Crippen LogP contribution in [0.5, 0.6) is 5.75 Å². The van der Waals surface area contributed by atoms with Crippen molar-refractivity contribution < 1.29 is 9.53 Å². The van der Waals surface area contributed by atoms with E-state index in [1.807, 2.05) is 31.3 Å². The Kier molecular flexibility index (Phi) is 7.43. The quantitative estimate of drug-likeness (QED) is 0.555. The summed E-state index contributed by atoms with van der Waals surface area (Å²) < 4.78 is 5.42. The molecule has 0 heterocycles. The third kappa shape index (κ3) is 5.89. The number of nitrogens with one attached hydrogen (secondary N) is 1. The molecule has 110 valence electrons. The maximum absolute atomic E-state index is 11.9. The average Bonchev–Trinajstić information content (AvgIpc) is 2.46. The fourth-order valence-corrected chi connectivity index (χ4v) is 1.72. The van der Waals surface area contributed by atoms with Crippen LogP contribution in [0.3, 0.4) is 0 Å². The number of likely N-dealkylation sites (N-methyl/N-ethyl adjacent to an activating group) is 1. The summed E-state index contributed by atoms with van der Waals surface area (Å²) in [5.74, 6) is 0.915. The van der Waals surface area contributed by atoms with Gasteiger partial charge in [0.15, 0.2) is 0 Å². The number of nitrogens with zero attached hydrogens (tertiary/aromatic N) is 1. The standard InChI is InChI=1S/C16H24N2O2/c1-4-10-17-12-16(19)18(3)13-14-6-8-15(9-7-14)20-11-5-2/h5-9,17H,2,4,10-13H2,1,3H3. The molecule has 0 aliphatic heterocycles. The third-order valence-corrected chi connectivity index (χ3v) is 2.84. The van der Waals surface area contributed by atoms with Crippen molar-refractivity contribution >= 4 is 5.91 Å². The molecule has 1 amide bonds. The number of carbonyl (C=O) groups excluding carboxylic acids is 1. The Labute approximate surface area is 121 Å². The highest BCUT2D eigenvalue weighted by molar-refractivity contribution is 5.77. The normalized spacial score (nSPS) is 10.1. The largest absolute Gasteiger partial charge is 0.490 e. The fraction of sp³-hybridized carbons (Fsp3) is 0.438. The van der Waals surface area contributed by atoms with E-state index in [0.29, 0.717) is 19.7 Å². The Morgan fingerprint density at radius 1 is 1.40 bits per heavy atom. The van der Waals surface area contributed by atoms with Crippen molar-refractivity contribution in [2.45, 2.75) is 19.9 Å². The predicted molar refractivity (Wildman–Crippen MR) is 81.8 cm³/mol. The molecule has 0 radical (unpaired) electrons. The van der Waals surface area contributed by atoms with Crippen molar-refractivity contribution in [3.63, 3.8) is 0 Å². The lowest BCUT2D eigenvalue weighted by Gasteiger charge is -2.17. The minimum Gasteiger partial charge on any atom is -0.490 e. The van der Waals surface area contributed by atoms with Crippen LogP contribution in [0, 0.1) is 0 Å². The number of hydrogen-bond donors (Lipinski definition) is 1. The highest BCUT2D eigenvalue weighted by Gasteiger charge is 2.08. The summed E-state index contributed by atoms with van der Waals surface area (Å²) >= 11 is 0. The molecular formula is C16H24N2O2. The number of benzene rings is 1. The highest BCUT2D eigenvalue weighted by atomic mass is 16.5. The van der Waals surface area contributed by atoms with Crippen LogP contribution in [0.2, 0.25) is 0 Å². The van der Waals surface area contributed by atoms with Gasteiger partial charge in [0.05, 0.1) is 6.54 Å². The number of carbonyl (C=O) groups is 1. The van der Waals surface area contributed by atoms with Crippen molar-refractivity contribution in [2.75, 3.05) is 26.7 Å². The summed E-state index contributed by atoms with van der Waals surface area (Å²) in [6.45, 7) is 8.06. The first-order chi connectivity index (χ1) is 9.67. The Morgan fingerprint density at radius 2 is 2.10 bits per heavy atom. The fourth-order valence-electron chi connectivity index (χ4n) is 1.72. The van der Waals surface area contributed by atoms with Gasteiger partial charge in [-0.1, -0.05) is 31.7 Å². The molecule has 1 aromatic carbocycles. The molecule has 0 aliphatic carbocycles. The first-order valence-corrected chi connectivity index (χ1v) is 6.94. The van der Waals surface area contributed by atoms with Crippen molar-refractivity contribution in [1.82, 2.24) is 10.2 Å². The molecule has 0 atom stereocenters. The van der Waals surface area contributed by atoms with Crippen LogP contribution >= 0.6 is 0 Å². The Morgan fingerprint density at radius 3 is 2.70 bits per heavy atom. The van der Waals surface area contributed by atoms with Gasteiger partial charge in [0.1, 0.15) is 12.4 Å². The monoisotopic (exact) mass is 276 g/mol. The van der Waals surface area contributed by atoms with Crippen LogP contribution in [-0.4, -0.2) is 37.6 Å². The zero-order valence-corrected chi connectivity index (χ0v) is 12.4. The lowest BCUT2D eigenvalue weighted by atomic mass is 10.2. The Bertz CT molecular complexity index is 415. The van der Waals surface area contributed by atoms with Gasteiger partial charge in [-0.15, -0.1) is 0 Å². The van der Waals surface area contributed by atoms with Gasteiger partial charge >= 0.3 is 0 Å². The minimum absolute atomic E-state index is 0.102. The van der Waals surface area contributed by atoms with E-state index in [9.17, 15) is 4.79 Å². The lowest BCUT2D eigenvalue weighted by Crippen LogP contribution is -2.35. The summed E-state index contributed by atoms with van der Waals surface area (Å²) in [6, 6.07) is 7.77. The van der Waals surface area contributed by atoms with E-state index in [0.717, 1.165) is 24.3 Å². The van der Waals surface area contributed by atoms with Crippen LogP contribution in [-0.2, 0) is 11.3 Å². The molecule has 1 aromatic rings. The first kappa shape index (κ1) is 16.2. The molecule has 1 rings (SSSR count). The van der Waals surface area contributed by atoms with Crippen LogP contribution in [0.15, 0.2) is 36.9 Å². The Balaban J connectivity index is 2.42. The highest BCUT2D eigenvalue weighted by Crippen LogP contribution is 2.13. The second-order valence-electron chi connectivity index (χ2n) is 4.67. The number of ether oxygens (including phenoxy) is 1. The zero-order valence-electron chi connectivity index (χ0n) is 12.4. The molecule has 0 saturated carbocycles. The van der Waals surface area contributed by atoms with Gasteiger partial charge in [-0.2, -0.15) is 0 Å². The summed E-state index contributed by atoms with van der Waals surface area (Å²) in [5.41, 5.74) is 1.09. The molecule has 0 bridgehead atoms. The third-order valence-electron chi connectivity index (χ3n) is 2.84. The molecule has 0 aliphatic rings. The molecule has 0 fully saturated rings. The SMILES string of the molecule is C=CCOc1ccc(CN(C)C(=O)CNCCC)cc1. The van der Waals surface area contributed by atoms with Gasteiger partial charge in [-0.25, -0.2) is 0 Å². The van der Waals surface area contributed by atoms with Gasteiger partial charge in [0.25, 0.3) is 0 Å². The van der Waals surface area contributed by atoms with E-state index in [-0.39, 0.29) is 5.91 Å². The molecule has 0 saturated heterocycles. The molecule has 0 unspecified atom stereocenters. The molecular weight excluding hydrogens is 252 g/mol. The number of amides is 1. The molecule has 4 heteroatoms. The van der Waals surface area contributed by atoms with E-state index < -0.39 is 0 Å². The van der Waals surface area contributed by atoms with Crippen LogP contribution in [0.25, 0.3) is 0 Å². The van der Waals surface area contributed by atoms with Crippen molar-refractivity contribution in [3.8, 4) is 5.75 Å². The van der Waals surface area contributed by atoms with Crippen LogP contribution in [0.1, 0.15) is 18.9 Å². The van der Waals surface area contributed by atoms with E-state index in [4.69, 9.17) is 4.74 Å². The number of rotatable bonds is 9. The molecule has 4 nitrogen and oxygen atoms in total. The van der Waals surface area contributed by atoms with Gasteiger partial charge in [-0.3, -0.25) is 4.79 Å². The lowest BCUT2D eigenvalue weighted by molar-refractivity contribution is -0.129.